The van der Waals surface area contributed by atoms with E-state index in [2.05, 4.69) is 10.6 Å². The maximum atomic E-state index is 11.4. The maximum absolute atomic E-state index is 11.4. The van der Waals surface area contributed by atoms with E-state index < -0.39 is 0 Å². The molecule has 0 aliphatic carbocycles. The summed E-state index contributed by atoms with van der Waals surface area (Å²) in [4.78, 5) is 22.3. The van der Waals surface area contributed by atoms with Crippen molar-refractivity contribution in [3.05, 3.63) is 22.4 Å². The molecule has 0 bridgehead atoms. The van der Waals surface area contributed by atoms with Gasteiger partial charge in [0.05, 0.1) is 6.04 Å². The number of imide groups is 1. The van der Waals surface area contributed by atoms with Crippen LogP contribution in [0.1, 0.15) is 18.4 Å². The average Bonchev–Trinajstić information content (AvgIpc) is 2.69. The quantitative estimate of drug-likeness (QED) is 0.741. The SMILES string of the molecule is O=C1CCC(NCc2ccsc2)C(=O)N1. The number of carbonyl (C=O) groups is 2. The molecule has 0 spiro atoms. The van der Waals surface area contributed by atoms with Crippen molar-refractivity contribution in [3.8, 4) is 0 Å². The average molecular weight is 224 g/mol. The zero-order valence-corrected chi connectivity index (χ0v) is 8.97. The molecule has 80 valence electrons. The molecule has 1 aliphatic heterocycles. The predicted molar refractivity (Wildman–Crippen MR) is 57.3 cm³/mol. The number of hydrogen-bond acceptors (Lipinski definition) is 4. The molecule has 0 saturated carbocycles. The maximum Gasteiger partial charge on any atom is 0.243 e. The van der Waals surface area contributed by atoms with Gasteiger partial charge >= 0.3 is 0 Å². The van der Waals surface area contributed by atoms with Crippen LogP contribution >= 0.6 is 11.3 Å². The fourth-order valence-corrected chi connectivity index (χ4v) is 2.19. The molecule has 0 aromatic carbocycles. The van der Waals surface area contributed by atoms with Gasteiger partial charge in [0.25, 0.3) is 0 Å². The van der Waals surface area contributed by atoms with Gasteiger partial charge in [-0.2, -0.15) is 11.3 Å². The molecule has 5 heteroatoms. The van der Waals surface area contributed by atoms with Gasteiger partial charge in [-0.05, 0) is 28.8 Å². The Morgan fingerprint density at radius 3 is 3.07 bits per heavy atom. The summed E-state index contributed by atoms with van der Waals surface area (Å²) in [5.41, 5.74) is 1.17. The van der Waals surface area contributed by atoms with Crippen molar-refractivity contribution in [2.45, 2.75) is 25.4 Å². The van der Waals surface area contributed by atoms with Gasteiger partial charge in [0.2, 0.25) is 11.8 Å². The predicted octanol–water partition coefficient (Wildman–Crippen LogP) is 0.643. The number of nitrogens with one attached hydrogen (secondary N) is 2. The van der Waals surface area contributed by atoms with E-state index in [1.807, 2.05) is 16.8 Å². The van der Waals surface area contributed by atoms with Gasteiger partial charge in [-0.1, -0.05) is 0 Å². The molecule has 1 unspecified atom stereocenters. The lowest BCUT2D eigenvalue weighted by Crippen LogP contribution is -2.50. The van der Waals surface area contributed by atoms with Crippen molar-refractivity contribution in [1.29, 1.82) is 0 Å². The molecular weight excluding hydrogens is 212 g/mol. The van der Waals surface area contributed by atoms with Gasteiger partial charge in [0, 0.05) is 13.0 Å². The fourth-order valence-electron chi connectivity index (χ4n) is 1.52. The van der Waals surface area contributed by atoms with Gasteiger partial charge in [-0.25, -0.2) is 0 Å². The Morgan fingerprint density at radius 1 is 1.53 bits per heavy atom. The highest BCUT2D eigenvalue weighted by molar-refractivity contribution is 7.07. The first-order valence-electron chi connectivity index (χ1n) is 4.84. The van der Waals surface area contributed by atoms with Crippen molar-refractivity contribution in [2.75, 3.05) is 0 Å². The number of amides is 2. The minimum Gasteiger partial charge on any atom is -0.302 e. The van der Waals surface area contributed by atoms with Gasteiger partial charge < -0.3 is 5.32 Å². The molecule has 2 amide bonds. The second kappa shape index (κ2) is 4.55. The zero-order chi connectivity index (χ0) is 10.7. The molecule has 0 radical (unpaired) electrons. The lowest BCUT2D eigenvalue weighted by atomic mass is 10.1. The molecular formula is C10H12N2O2S. The van der Waals surface area contributed by atoms with Crippen LogP contribution in [0.4, 0.5) is 0 Å². The van der Waals surface area contributed by atoms with Crippen molar-refractivity contribution >= 4 is 23.2 Å². The highest BCUT2D eigenvalue weighted by Crippen LogP contribution is 2.08. The fraction of sp³-hybridized carbons (Fsp3) is 0.400. The molecule has 2 N–H and O–H groups in total. The number of hydrogen-bond donors (Lipinski definition) is 2. The van der Waals surface area contributed by atoms with Gasteiger partial charge in [-0.15, -0.1) is 0 Å². The Balaban J connectivity index is 1.85. The van der Waals surface area contributed by atoms with Crippen LogP contribution in [0, 0.1) is 0 Å². The van der Waals surface area contributed by atoms with Crippen LogP contribution in [0.3, 0.4) is 0 Å². The summed E-state index contributed by atoms with van der Waals surface area (Å²) in [6, 6.07) is 1.78. The molecule has 2 heterocycles. The van der Waals surface area contributed by atoms with E-state index in [1.165, 1.54) is 5.56 Å². The summed E-state index contributed by atoms with van der Waals surface area (Å²) in [6.45, 7) is 0.676. The first kappa shape index (κ1) is 10.3. The van der Waals surface area contributed by atoms with Crippen LogP contribution in [-0.2, 0) is 16.1 Å². The molecule has 4 nitrogen and oxygen atoms in total. The summed E-state index contributed by atoms with van der Waals surface area (Å²) in [7, 11) is 0. The first-order valence-corrected chi connectivity index (χ1v) is 5.78. The largest absolute Gasteiger partial charge is 0.302 e. The normalized spacial score (nSPS) is 21.5. The van der Waals surface area contributed by atoms with Crippen LogP contribution in [0.25, 0.3) is 0 Å². The highest BCUT2D eigenvalue weighted by atomic mass is 32.1. The Hall–Kier alpha value is -1.20. The standard InChI is InChI=1S/C10H12N2O2S/c13-9-2-1-8(10(14)12-9)11-5-7-3-4-15-6-7/h3-4,6,8,11H,1-2,5H2,(H,12,13,14). The molecule has 1 aromatic heterocycles. The molecule has 1 fully saturated rings. The third-order valence-corrected chi connectivity index (χ3v) is 3.10. The number of piperidine rings is 1. The summed E-state index contributed by atoms with van der Waals surface area (Å²) < 4.78 is 0. The summed E-state index contributed by atoms with van der Waals surface area (Å²) >= 11 is 1.63. The van der Waals surface area contributed by atoms with Crippen LogP contribution in [0.2, 0.25) is 0 Å². The van der Waals surface area contributed by atoms with E-state index in [-0.39, 0.29) is 17.9 Å². The summed E-state index contributed by atoms with van der Waals surface area (Å²) in [6.07, 6.45) is 1.02. The minimum absolute atomic E-state index is 0.173. The third kappa shape index (κ3) is 2.64. The van der Waals surface area contributed by atoms with Gasteiger partial charge in [0.15, 0.2) is 0 Å². The molecule has 1 aromatic rings. The second-order valence-corrected chi connectivity index (χ2v) is 4.30. The Morgan fingerprint density at radius 2 is 2.40 bits per heavy atom. The van der Waals surface area contributed by atoms with E-state index in [9.17, 15) is 9.59 Å². The van der Waals surface area contributed by atoms with Crippen molar-refractivity contribution < 1.29 is 9.59 Å². The molecule has 1 saturated heterocycles. The van der Waals surface area contributed by atoms with Crippen molar-refractivity contribution in [2.24, 2.45) is 0 Å². The van der Waals surface area contributed by atoms with Crippen LogP contribution in [0.15, 0.2) is 16.8 Å². The zero-order valence-electron chi connectivity index (χ0n) is 8.16. The topological polar surface area (TPSA) is 58.2 Å². The lowest BCUT2D eigenvalue weighted by Gasteiger charge is -2.21. The first-order chi connectivity index (χ1) is 7.25. The lowest BCUT2D eigenvalue weighted by molar-refractivity contribution is -0.134. The van der Waals surface area contributed by atoms with E-state index in [0.29, 0.717) is 19.4 Å². The Labute approximate surface area is 91.7 Å². The summed E-state index contributed by atoms with van der Waals surface area (Å²) in [5.74, 6) is -0.380. The van der Waals surface area contributed by atoms with Crippen LogP contribution in [0.5, 0.6) is 0 Å². The highest BCUT2D eigenvalue weighted by Gasteiger charge is 2.25. The van der Waals surface area contributed by atoms with E-state index >= 15 is 0 Å². The van der Waals surface area contributed by atoms with Crippen molar-refractivity contribution in [1.82, 2.24) is 10.6 Å². The molecule has 1 atom stereocenters. The molecule has 1 aliphatic rings. The van der Waals surface area contributed by atoms with E-state index in [0.717, 1.165) is 0 Å². The van der Waals surface area contributed by atoms with Crippen LogP contribution in [-0.4, -0.2) is 17.9 Å². The van der Waals surface area contributed by atoms with E-state index in [4.69, 9.17) is 0 Å². The second-order valence-electron chi connectivity index (χ2n) is 3.52. The summed E-state index contributed by atoms with van der Waals surface area (Å²) in [5, 5.41) is 9.50. The third-order valence-electron chi connectivity index (χ3n) is 2.37. The van der Waals surface area contributed by atoms with E-state index in [1.54, 1.807) is 11.3 Å². The Bertz CT molecular complexity index is 362. The minimum atomic E-state index is -0.234. The van der Waals surface area contributed by atoms with Gasteiger partial charge in [-0.3, -0.25) is 14.9 Å². The Kier molecular flexibility index (Phi) is 3.13. The van der Waals surface area contributed by atoms with Gasteiger partial charge in [0.1, 0.15) is 0 Å². The number of carbonyl (C=O) groups excluding carboxylic acids is 2. The molecule has 15 heavy (non-hydrogen) atoms. The number of thiophene rings is 1. The smallest absolute Gasteiger partial charge is 0.243 e. The van der Waals surface area contributed by atoms with Crippen LogP contribution < -0.4 is 10.6 Å². The monoisotopic (exact) mass is 224 g/mol. The van der Waals surface area contributed by atoms with Crippen molar-refractivity contribution in [3.63, 3.8) is 0 Å². The molecule has 2 rings (SSSR count). The number of rotatable bonds is 3.